The van der Waals surface area contributed by atoms with Crippen LogP contribution >= 0.6 is 11.8 Å². The van der Waals surface area contributed by atoms with Crippen LogP contribution < -0.4 is 10.6 Å². The molecule has 0 aliphatic heterocycles. The van der Waals surface area contributed by atoms with E-state index < -0.39 is 5.60 Å². The fraction of sp³-hybridized carbons (Fsp3) is 0.533. The molecule has 1 aromatic carbocycles. The van der Waals surface area contributed by atoms with E-state index in [4.69, 9.17) is 0 Å². The van der Waals surface area contributed by atoms with E-state index in [0.717, 1.165) is 5.56 Å². The molecule has 2 amide bonds. The van der Waals surface area contributed by atoms with E-state index in [9.17, 15) is 9.90 Å². The first-order valence-electron chi connectivity index (χ1n) is 6.62. The van der Waals surface area contributed by atoms with Crippen molar-refractivity contribution in [3.63, 3.8) is 0 Å². The molecule has 0 bridgehead atoms. The summed E-state index contributed by atoms with van der Waals surface area (Å²) in [5.74, 6) is 0. The molecule has 0 aliphatic rings. The van der Waals surface area contributed by atoms with Crippen molar-refractivity contribution >= 4 is 17.8 Å². The number of hydrogen-bond acceptors (Lipinski definition) is 3. The third kappa shape index (κ3) is 5.43. The Labute approximate surface area is 125 Å². The van der Waals surface area contributed by atoms with Crippen LogP contribution in [0.5, 0.6) is 0 Å². The molecular weight excluding hydrogens is 272 g/mol. The average Bonchev–Trinajstić information content (AvgIpc) is 2.44. The van der Waals surface area contributed by atoms with Gasteiger partial charge in [0.05, 0.1) is 6.54 Å². The predicted octanol–water partition coefficient (Wildman–Crippen LogP) is 2.33. The van der Waals surface area contributed by atoms with Crippen LogP contribution in [-0.2, 0) is 5.60 Å². The molecule has 1 unspecified atom stereocenters. The number of amides is 2. The van der Waals surface area contributed by atoms with Gasteiger partial charge >= 0.3 is 6.03 Å². The second kappa shape index (κ2) is 6.99. The van der Waals surface area contributed by atoms with Crippen molar-refractivity contribution in [1.29, 1.82) is 0 Å². The lowest BCUT2D eigenvalue weighted by molar-refractivity contribution is 0.0594. The first-order chi connectivity index (χ1) is 9.27. The van der Waals surface area contributed by atoms with Crippen LogP contribution in [0.25, 0.3) is 0 Å². The van der Waals surface area contributed by atoms with E-state index in [2.05, 4.69) is 24.5 Å². The van der Waals surface area contributed by atoms with Gasteiger partial charge in [0.15, 0.2) is 0 Å². The molecule has 0 saturated heterocycles. The molecule has 0 aliphatic carbocycles. The smallest absolute Gasteiger partial charge is 0.314 e. The van der Waals surface area contributed by atoms with Crippen LogP contribution in [0.4, 0.5) is 4.79 Å². The zero-order valence-corrected chi connectivity index (χ0v) is 13.4. The molecule has 1 rings (SSSR count). The number of nitrogens with one attached hydrogen (secondary N) is 2. The topological polar surface area (TPSA) is 61.4 Å². The Kier molecular flexibility index (Phi) is 5.89. The van der Waals surface area contributed by atoms with Crippen LogP contribution in [0.1, 0.15) is 26.3 Å². The van der Waals surface area contributed by atoms with Crippen LogP contribution in [0.2, 0.25) is 0 Å². The maximum atomic E-state index is 11.7. The first-order valence-corrected chi connectivity index (χ1v) is 7.84. The fourth-order valence-electron chi connectivity index (χ4n) is 1.58. The van der Waals surface area contributed by atoms with Crippen molar-refractivity contribution in [2.24, 2.45) is 0 Å². The van der Waals surface area contributed by atoms with Gasteiger partial charge in [-0.15, -0.1) is 0 Å². The molecule has 1 atom stereocenters. The van der Waals surface area contributed by atoms with Crippen molar-refractivity contribution in [1.82, 2.24) is 10.6 Å². The van der Waals surface area contributed by atoms with Crippen LogP contribution in [0, 0.1) is 0 Å². The first kappa shape index (κ1) is 16.9. The third-order valence-electron chi connectivity index (χ3n) is 3.22. The third-order valence-corrected chi connectivity index (χ3v) is 4.47. The second-order valence-electron chi connectivity index (χ2n) is 5.64. The van der Waals surface area contributed by atoms with Gasteiger partial charge in [-0.05, 0) is 32.6 Å². The van der Waals surface area contributed by atoms with Crippen molar-refractivity contribution in [3.05, 3.63) is 35.9 Å². The van der Waals surface area contributed by atoms with Gasteiger partial charge in [-0.1, -0.05) is 30.3 Å². The summed E-state index contributed by atoms with van der Waals surface area (Å²) in [6.45, 7) is 6.57. The van der Waals surface area contributed by atoms with Gasteiger partial charge in [-0.25, -0.2) is 4.79 Å². The van der Waals surface area contributed by atoms with Crippen LogP contribution in [0.3, 0.4) is 0 Å². The maximum Gasteiger partial charge on any atom is 0.314 e. The second-order valence-corrected chi connectivity index (χ2v) is 7.15. The molecule has 5 heteroatoms. The molecule has 112 valence electrons. The molecule has 0 spiro atoms. The van der Waals surface area contributed by atoms with Gasteiger partial charge in [0.2, 0.25) is 0 Å². The quantitative estimate of drug-likeness (QED) is 0.755. The summed E-state index contributed by atoms with van der Waals surface area (Å²) >= 11 is 1.70. The summed E-state index contributed by atoms with van der Waals surface area (Å²) in [6.07, 6.45) is 2.01. The van der Waals surface area contributed by atoms with Crippen molar-refractivity contribution in [2.75, 3.05) is 19.3 Å². The molecule has 0 aromatic heterocycles. The number of thioether (sulfide) groups is 1. The predicted molar refractivity (Wildman–Crippen MR) is 85.0 cm³/mol. The van der Waals surface area contributed by atoms with Gasteiger partial charge in [0.25, 0.3) is 0 Å². The van der Waals surface area contributed by atoms with E-state index in [1.54, 1.807) is 18.7 Å². The van der Waals surface area contributed by atoms with E-state index in [0.29, 0.717) is 6.54 Å². The van der Waals surface area contributed by atoms with Crippen molar-refractivity contribution < 1.29 is 9.90 Å². The fourth-order valence-corrected chi connectivity index (χ4v) is 1.80. The number of hydrogen-bond donors (Lipinski definition) is 3. The summed E-state index contributed by atoms with van der Waals surface area (Å²) in [5, 5.41) is 15.9. The Morgan fingerprint density at radius 3 is 2.25 bits per heavy atom. The summed E-state index contributed by atoms with van der Waals surface area (Å²) in [4.78, 5) is 11.7. The molecule has 20 heavy (non-hydrogen) atoms. The summed E-state index contributed by atoms with van der Waals surface area (Å²) in [7, 11) is 0. The van der Waals surface area contributed by atoms with Crippen LogP contribution in [-0.4, -0.2) is 35.2 Å². The Hall–Kier alpha value is -1.20. The van der Waals surface area contributed by atoms with Crippen LogP contribution in [0.15, 0.2) is 30.3 Å². The van der Waals surface area contributed by atoms with Crippen molar-refractivity contribution in [3.8, 4) is 0 Å². The normalized spacial score (nSPS) is 14.4. The molecule has 1 aromatic rings. The molecule has 0 fully saturated rings. The minimum absolute atomic E-state index is 0.000706. The molecule has 0 saturated carbocycles. The lowest BCUT2D eigenvalue weighted by Crippen LogP contribution is -2.46. The number of carbonyl (C=O) groups is 1. The van der Waals surface area contributed by atoms with E-state index in [1.807, 2.05) is 36.6 Å². The summed E-state index contributed by atoms with van der Waals surface area (Å²) in [5.41, 5.74) is -0.294. The minimum atomic E-state index is -1.08. The van der Waals surface area contributed by atoms with Gasteiger partial charge in [-0.3, -0.25) is 0 Å². The van der Waals surface area contributed by atoms with Gasteiger partial charge < -0.3 is 15.7 Å². The monoisotopic (exact) mass is 296 g/mol. The lowest BCUT2D eigenvalue weighted by Gasteiger charge is -2.26. The lowest BCUT2D eigenvalue weighted by atomic mass is 9.96. The summed E-state index contributed by atoms with van der Waals surface area (Å²) in [6, 6.07) is 9.05. The number of urea groups is 1. The van der Waals surface area contributed by atoms with Gasteiger partial charge in [-0.2, -0.15) is 11.8 Å². The highest BCUT2D eigenvalue weighted by atomic mass is 32.2. The van der Waals surface area contributed by atoms with E-state index in [1.165, 1.54) is 0 Å². The Morgan fingerprint density at radius 2 is 1.70 bits per heavy atom. The Balaban J connectivity index is 2.45. The SMILES string of the molecule is CSC(C)(C)CNC(=O)NCC(C)(O)c1ccccc1. The average molecular weight is 296 g/mol. The number of carbonyl (C=O) groups excluding carboxylic acids is 1. The zero-order chi connectivity index (χ0) is 15.2. The molecule has 4 nitrogen and oxygen atoms in total. The molecule has 0 heterocycles. The van der Waals surface area contributed by atoms with E-state index in [-0.39, 0.29) is 17.3 Å². The van der Waals surface area contributed by atoms with Gasteiger partial charge in [0.1, 0.15) is 5.60 Å². The Bertz CT molecular complexity index is 433. The largest absolute Gasteiger partial charge is 0.384 e. The maximum absolute atomic E-state index is 11.7. The highest BCUT2D eigenvalue weighted by Crippen LogP contribution is 2.20. The zero-order valence-electron chi connectivity index (χ0n) is 12.6. The van der Waals surface area contributed by atoms with E-state index >= 15 is 0 Å². The molecular formula is C15H24N2O2S. The molecule has 3 N–H and O–H groups in total. The van der Waals surface area contributed by atoms with Gasteiger partial charge in [0, 0.05) is 11.3 Å². The van der Waals surface area contributed by atoms with Crippen molar-refractivity contribution in [2.45, 2.75) is 31.1 Å². The molecule has 0 radical (unpaired) electrons. The highest BCUT2D eigenvalue weighted by molar-refractivity contribution is 7.99. The highest BCUT2D eigenvalue weighted by Gasteiger charge is 2.24. The number of rotatable bonds is 6. The number of benzene rings is 1. The minimum Gasteiger partial charge on any atom is -0.384 e. The standard InChI is InChI=1S/C15H24N2O2S/c1-14(2,20-4)10-16-13(18)17-11-15(3,19)12-8-6-5-7-9-12/h5-9,19H,10-11H2,1-4H3,(H2,16,17,18). The number of aliphatic hydroxyl groups is 1. The summed E-state index contributed by atoms with van der Waals surface area (Å²) < 4.78 is -0.000706. The Morgan fingerprint density at radius 1 is 1.15 bits per heavy atom.